The second-order valence-corrected chi connectivity index (χ2v) is 8.13. The molecule has 1 aliphatic rings. The molecule has 1 unspecified atom stereocenters. The van der Waals surface area contributed by atoms with Crippen LogP contribution in [0.5, 0.6) is 0 Å². The molecule has 4 heterocycles. The Kier molecular flexibility index (Phi) is 4.09. The van der Waals surface area contributed by atoms with Crippen LogP contribution >= 0.6 is 34.0 Å². The predicted octanol–water partition coefficient (Wildman–Crippen LogP) is 1.98. The number of nitrogens with zero attached hydrogens (tertiary/aromatic N) is 3. The van der Waals surface area contributed by atoms with E-state index in [-0.39, 0.29) is 17.0 Å². The minimum absolute atomic E-state index is 0.101. The topological polar surface area (TPSA) is 95.6 Å². The Balaban J connectivity index is 2.11. The van der Waals surface area contributed by atoms with Gasteiger partial charge in [-0.3, -0.25) is 9.36 Å². The smallest absolute Gasteiger partial charge is 0.274 e. The summed E-state index contributed by atoms with van der Waals surface area (Å²) in [7, 11) is 0. The normalized spacial score (nSPS) is 17.1. The Morgan fingerprint density at radius 3 is 2.46 bits per heavy atom. The van der Waals surface area contributed by atoms with Crippen LogP contribution in [0.1, 0.15) is 17.0 Å². The number of nitriles is 2. The highest BCUT2D eigenvalue weighted by atomic mass is 32.1. The molecule has 126 valence electrons. The predicted molar refractivity (Wildman–Crippen MR) is 105 cm³/mol. The SMILES string of the molecule is N#CC1=C(N)n2c(s/c(=C\c3ccsc3)c2=O)=C(C#N)C1c1ccsc1. The highest BCUT2D eigenvalue weighted by Gasteiger charge is 2.32. The molecule has 1 atom stereocenters. The van der Waals surface area contributed by atoms with Gasteiger partial charge in [0, 0.05) is 0 Å². The van der Waals surface area contributed by atoms with Gasteiger partial charge in [0.1, 0.15) is 10.5 Å². The number of allylic oxidation sites excluding steroid dienone is 1. The van der Waals surface area contributed by atoms with Crippen LogP contribution in [0.4, 0.5) is 0 Å². The summed E-state index contributed by atoms with van der Waals surface area (Å²) < 4.78 is 2.27. The van der Waals surface area contributed by atoms with E-state index in [9.17, 15) is 15.3 Å². The molecular formula is C18H10N4OS3. The number of thiophene rings is 2. The second kappa shape index (κ2) is 6.43. The van der Waals surface area contributed by atoms with Gasteiger partial charge in [-0.25, -0.2) is 0 Å². The quantitative estimate of drug-likeness (QED) is 0.719. The molecule has 0 amide bonds. The highest BCUT2D eigenvalue weighted by Crippen LogP contribution is 2.36. The molecule has 0 fully saturated rings. The number of thiazole rings is 1. The van der Waals surface area contributed by atoms with Gasteiger partial charge >= 0.3 is 0 Å². The zero-order valence-electron chi connectivity index (χ0n) is 13.2. The third-order valence-corrected chi connectivity index (χ3v) is 6.62. The Morgan fingerprint density at radius 2 is 1.85 bits per heavy atom. The van der Waals surface area contributed by atoms with Crippen molar-refractivity contribution in [3.05, 3.63) is 69.9 Å². The van der Waals surface area contributed by atoms with Crippen molar-refractivity contribution in [1.29, 1.82) is 10.5 Å². The number of fused-ring (bicyclic) bond motifs is 1. The van der Waals surface area contributed by atoms with E-state index in [0.29, 0.717) is 14.8 Å². The lowest BCUT2D eigenvalue weighted by Gasteiger charge is -2.21. The van der Waals surface area contributed by atoms with E-state index in [0.717, 1.165) is 11.1 Å². The minimum Gasteiger partial charge on any atom is -0.384 e. The van der Waals surface area contributed by atoms with Crippen LogP contribution in [0.3, 0.4) is 0 Å². The van der Waals surface area contributed by atoms with Crippen LogP contribution in [0.2, 0.25) is 0 Å². The van der Waals surface area contributed by atoms with Crippen molar-refractivity contribution in [3.8, 4) is 12.1 Å². The number of hydrogen-bond acceptors (Lipinski definition) is 7. The molecule has 0 aliphatic carbocycles. The monoisotopic (exact) mass is 394 g/mol. The highest BCUT2D eigenvalue weighted by molar-refractivity contribution is 7.08. The van der Waals surface area contributed by atoms with Gasteiger partial charge in [-0.05, 0) is 50.9 Å². The Hall–Kier alpha value is -2.91. The number of rotatable bonds is 2. The molecule has 0 aromatic carbocycles. The summed E-state index contributed by atoms with van der Waals surface area (Å²) in [5.41, 5.74) is 8.25. The number of aromatic nitrogens is 1. The molecule has 0 saturated heterocycles. The van der Waals surface area contributed by atoms with Gasteiger partial charge in [0.15, 0.2) is 0 Å². The van der Waals surface area contributed by atoms with Gasteiger partial charge in [-0.2, -0.15) is 33.2 Å². The third kappa shape index (κ3) is 2.44. The standard InChI is InChI=1S/C18H10N4OS3/c19-6-12-15(11-2-4-25-9-11)13(7-20)18-22(16(12)21)17(23)14(26-18)5-10-1-3-24-8-10/h1-5,8-9,15H,21H2/b14-5-. The van der Waals surface area contributed by atoms with Crippen molar-refractivity contribution in [3.63, 3.8) is 0 Å². The van der Waals surface area contributed by atoms with E-state index in [1.807, 2.05) is 33.7 Å². The maximum absolute atomic E-state index is 12.9. The minimum atomic E-state index is -0.539. The van der Waals surface area contributed by atoms with Gasteiger partial charge < -0.3 is 5.73 Å². The van der Waals surface area contributed by atoms with Gasteiger partial charge in [0.2, 0.25) is 0 Å². The first kappa shape index (κ1) is 16.6. The Bertz CT molecular complexity index is 1280. The average molecular weight is 395 g/mol. The van der Waals surface area contributed by atoms with E-state index >= 15 is 0 Å². The van der Waals surface area contributed by atoms with Gasteiger partial charge in [-0.1, -0.05) is 0 Å². The molecular weight excluding hydrogens is 384 g/mol. The molecule has 0 bridgehead atoms. The Labute approximate surface area is 160 Å². The van der Waals surface area contributed by atoms with Crippen molar-refractivity contribution in [2.45, 2.75) is 5.92 Å². The molecule has 0 saturated carbocycles. The van der Waals surface area contributed by atoms with Crippen molar-refractivity contribution in [2.24, 2.45) is 5.73 Å². The number of nitrogens with two attached hydrogens (primary N) is 1. The molecule has 8 heteroatoms. The van der Waals surface area contributed by atoms with Crippen molar-refractivity contribution >= 4 is 51.5 Å². The fourth-order valence-electron chi connectivity index (χ4n) is 2.93. The van der Waals surface area contributed by atoms with Crippen LogP contribution in [0, 0.1) is 22.7 Å². The summed E-state index contributed by atoms with van der Waals surface area (Å²) in [5.74, 6) is -0.438. The fraction of sp³-hybridized carbons (Fsp3) is 0.0556. The van der Waals surface area contributed by atoms with E-state index < -0.39 is 5.92 Å². The van der Waals surface area contributed by atoms with Crippen molar-refractivity contribution < 1.29 is 0 Å². The van der Waals surface area contributed by atoms with E-state index in [1.165, 1.54) is 38.6 Å². The van der Waals surface area contributed by atoms with Crippen molar-refractivity contribution in [2.75, 3.05) is 0 Å². The van der Waals surface area contributed by atoms with Gasteiger partial charge in [-0.15, -0.1) is 11.3 Å². The lowest BCUT2D eigenvalue weighted by atomic mass is 9.86. The zero-order chi connectivity index (χ0) is 18.3. The maximum atomic E-state index is 12.9. The molecule has 3 aromatic heterocycles. The summed E-state index contributed by atoms with van der Waals surface area (Å²) in [4.78, 5) is 12.9. The van der Waals surface area contributed by atoms with Crippen LogP contribution in [-0.4, -0.2) is 4.57 Å². The maximum Gasteiger partial charge on any atom is 0.274 e. The van der Waals surface area contributed by atoms with E-state index in [1.54, 1.807) is 6.08 Å². The summed E-state index contributed by atoms with van der Waals surface area (Å²) in [6, 6.07) is 8.09. The summed E-state index contributed by atoms with van der Waals surface area (Å²) >= 11 is 4.26. The van der Waals surface area contributed by atoms with Gasteiger partial charge in [0.05, 0.1) is 33.7 Å². The molecule has 0 spiro atoms. The van der Waals surface area contributed by atoms with Crippen LogP contribution in [0.25, 0.3) is 17.5 Å². The number of hydrogen-bond donors (Lipinski definition) is 1. The van der Waals surface area contributed by atoms with Crippen LogP contribution in [-0.2, 0) is 0 Å². The summed E-state index contributed by atoms with van der Waals surface area (Å²) in [5, 5.41) is 27.1. The fourth-order valence-corrected chi connectivity index (χ4v) is 5.36. The first-order chi connectivity index (χ1) is 12.7. The van der Waals surface area contributed by atoms with Crippen molar-refractivity contribution in [1.82, 2.24) is 4.57 Å². The van der Waals surface area contributed by atoms with E-state index in [2.05, 4.69) is 12.1 Å². The third-order valence-electron chi connectivity index (χ3n) is 4.11. The summed E-state index contributed by atoms with van der Waals surface area (Å²) in [6.45, 7) is 0. The van der Waals surface area contributed by atoms with Crippen LogP contribution in [0.15, 0.2) is 44.0 Å². The summed E-state index contributed by atoms with van der Waals surface area (Å²) in [6.07, 6.45) is 1.78. The first-order valence-electron chi connectivity index (χ1n) is 7.48. The first-order valence-corrected chi connectivity index (χ1v) is 10.2. The molecule has 5 nitrogen and oxygen atoms in total. The second-order valence-electron chi connectivity index (χ2n) is 5.54. The lowest BCUT2D eigenvalue weighted by molar-refractivity contribution is 0.908. The molecule has 26 heavy (non-hydrogen) atoms. The average Bonchev–Trinajstić information content (AvgIpc) is 3.38. The van der Waals surface area contributed by atoms with Gasteiger partial charge in [0.25, 0.3) is 5.56 Å². The largest absolute Gasteiger partial charge is 0.384 e. The lowest BCUT2D eigenvalue weighted by Crippen LogP contribution is -2.38. The Morgan fingerprint density at radius 1 is 1.12 bits per heavy atom. The van der Waals surface area contributed by atoms with Crippen LogP contribution < -0.4 is 20.5 Å². The molecule has 3 aromatic rings. The van der Waals surface area contributed by atoms with E-state index in [4.69, 9.17) is 5.73 Å². The molecule has 2 N–H and O–H groups in total. The zero-order valence-corrected chi connectivity index (χ0v) is 15.6. The molecule has 1 aliphatic heterocycles. The molecule has 0 radical (unpaired) electrons. The molecule has 4 rings (SSSR count).